The van der Waals surface area contributed by atoms with E-state index in [9.17, 15) is 0 Å². The fourth-order valence-electron chi connectivity index (χ4n) is 1.76. The standard InChI is InChI=1S/C13H24N4/c1-13(2,3)11(14-4)9-10-7-8-15-12(16-10)17(5)6/h7-8,11,14H,9H2,1-6H3. The maximum atomic E-state index is 4.55. The third kappa shape index (κ3) is 3.97. The molecule has 1 heterocycles. The number of anilines is 1. The molecular formula is C13H24N4. The summed E-state index contributed by atoms with van der Waals surface area (Å²) >= 11 is 0. The van der Waals surface area contributed by atoms with E-state index in [4.69, 9.17) is 0 Å². The van der Waals surface area contributed by atoms with Crippen LogP contribution >= 0.6 is 0 Å². The van der Waals surface area contributed by atoms with Crippen molar-refractivity contribution in [2.24, 2.45) is 5.41 Å². The molecule has 1 aromatic rings. The summed E-state index contributed by atoms with van der Waals surface area (Å²) in [7, 11) is 5.92. The summed E-state index contributed by atoms with van der Waals surface area (Å²) in [6.07, 6.45) is 2.75. The Balaban J connectivity index is 2.83. The molecule has 0 aliphatic heterocycles. The molecule has 0 amide bonds. The Morgan fingerprint density at radius 3 is 2.47 bits per heavy atom. The van der Waals surface area contributed by atoms with Crippen molar-refractivity contribution >= 4 is 5.95 Å². The minimum absolute atomic E-state index is 0.220. The molecule has 0 spiro atoms. The molecule has 0 fully saturated rings. The molecule has 0 saturated carbocycles. The number of aromatic nitrogens is 2. The summed E-state index contributed by atoms with van der Waals surface area (Å²) in [5.41, 5.74) is 1.30. The molecule has 0 bridgehead atoms. The SMILES string of the molecule is CNC(Cc1ccnc(N(C)C)n1)C(C)(C)C. The van der Waals surface area contributed by atoms with Crippen molar-refractivity contribution in [2.45, 2.75) is 33.2 Å². The lowest BCUT2D eigenvalue weighted by atomic mass is 9.84. The fraction of sp³-hybridized carbons (Fsp3) is 0.692. The third-order valence-corrected chi connectivity index (χ3v) is 2.91. The van der Waals surface area contributed by atoms with Crippen LogP contribution in [-0.4, -0.2) is 37.2 Å². The second-order valence-corrected chi connectivity index (χ2v) is 5.65. The quantitative estimate of drug-likeness (QED) is 0.864. The van der Waals surface area contributed by atoms with Gasteiger partial charge >= 0.3 is 0 Å². The highest BCUT2D eigenvalue weighted by Gasteiger charge is 2.23. The van der Waals surface area contributed by atoms with Gasteiger partial charge in [0.1, 0.15) is 0 Å². The van der Waals surface area contributed by atoms with Crippen molar-refractivity contribution in [3.05, 3.63) is 18.0 Å². The van der Waals surface area contributed by atoms with E-state index in [1.165, 1.54) is 0 Å². The van der Waals surface area contributed by atoms with E-state index in [2.05, 4.69) is 36.1 Å². The van der Waals surface area contributed by atoms with Crippen LogP contribution in [0.25, 0.3) is 0 Å². The van der Waals surface area contributed by atoms with Crippen LogP contribution in [0.5, 0.6) is 0 Å². The highest BCUT2D eigenvalue weighted by atomic mass is 15.2. The van der Waals surface area contributed by atoms with Crippen molar-refractivity contribution in [3.63, 3.8) is 0 Å². The Kier molecular flexibility index (Phi) is 4.46. The van der Waals surface area contributed by atoms with E-state index in [-0.39, 0.29) is 5.41 Å². The third-order valence-electron chi connectivity index (χ3n) is 2.91. The Labute approximate surface area is 104 Å². The normalized spacial score (nSPS) is 13.5. The van der Waals surface area contributed by atoms with E-state index >= 15 is 0 Å². The number of rotatable bonds is 4. The molecule has 1 N–H and O–H groups in total. The van der Waals surface area contributed by atoms with Gasteiger partial charge in [0.25, 0.3) is 0 Å². The average Bonchev–Trinajstić information content (AvgIpc) is 2.24. The number of likely N-dealkylation sites (N-methyl/N-ethyl adjacent to an activating group) is 1. The van der Waals surface area contributed by atoms with Crippen LogP contribution in [0, 0.1) is 5.41 Å². The first-order valence-electron chi connectivity index (χ1n) is 6.01. The van der Waals surface area contributed by atoms with Crippen molar-refractivity contribution in [2.75, 3.05) is 26.0 Å². The largest absolute Gasteiger partial charge is 0.347 e. The lowest BCUT2D eigenvalue weighted by molar-refractivity contribution is 0.278. The molecular weight excluding hydrogens is 212 g/mol. The molecule has 4 heteroatoms. The van der Waals surface area contributed by atoms with Gasteiger partial charge in [-0.3, -0.25) is 0 Å². The highest BCUT2D eigenvalue weighted by Crippen LogP contribution is 2.22. The van der Waals surface area contributed by atoms with Crippen molar-refractivity contribution in [1.29, 1.82) is 0 Å². The minimum atomic E-state index is 0.220. The van der Waals surface area contributed by atoms with Crippen LogP contribution < -0.4 is 10.2 Å². The molecule has 0 saturated heterocycles. The molecule has 0 aromatic carbocycles. The van der Waals surface area contributed by atoms with Gasteiger partial charge in [0, 0.05) is 38.4 Å². The summed E-state index contributed by atoms with van der Waals surface area (Å²) in [5.74, 6) is 0.770. The van der Waals surface area contributed by atoms with Gasteiger partial charge in [0.05, 0.1) is 0 Å². The second-order valence-electron chi connectivity index (χ2n) is 5.65. The Hall–Kier alpha value is -1.16. The summed E-state index contributed by atoms with van der Waals surface area (Å²) in [6, 6.07) is 2.40. The van der Waals surface area contributed by atoms with Gasteiger partial charge in [0.2, 0.25) is 5.95 Å². The first kappa shape index (κ1) is 13.9. The lowest BCUT2D eigenvalue weighted by Crippen LogP contribution is -2.40. The van der Waals surface area contributed by atoms with Gasteiger partial charge in [-0.15, -0.1) is 0 Å². The number of nitrogens with zero attached hydrogens (tertiary/aromatic N) is 3. The summed E-state index contributed by atoms with van der Waals surface area (Å²) < 4.78 is 0. The number of nitrogens with one attached hydrogen (secondary N) is 1. The van der Waals surface area contributed by atoms with E-state index < -0.39 is 0 Å². The highest BCUT2D eigenvalue weighted by molar-refractivity contribution is 5.27. The zero-order chi connectivity index (χ0) is 13.1. The Bertz CT molecular complexity index is 355. The Morgan fingerprint density at radius 2 is 2.00 bits per heavy atom. The molecule has 1 rings (SSSR count). The maximum Gasteiger partial charge on any atom is 0.224 e. The smallest absolute Gasteiger partial charge is 0.224 e. The van der Waals surface area contributed by atoms with Gasteiger partial charge in [-0.2, -0.15) is 0 Å². The molecule has 17 heavy (non-hydrogen) atoms. The predicted molar refractivity (Wildman–Crippen MR) is 72.4 cm³/mol. The van der Waals surface area contributed by atoms with Crippen LogP contribution in [0.1, 0.15) is 26.5 Å². The molecule has 0 aliphatic rings. The first-order valence-corrected chi connectivity index (χ1v) is 6.01. The molecule has 0 aliphatic carbocycles. The molecule has 0 radical (unpaired) electrons. The van der Waals surface area contributed by atoms with Crippen molar-refractivity contribution in [3.8, 4) is 0 Å². The van der Waals surface area contributed by atoms with Crippen molar-refractivity contribution in [1.82, 2.24) is 15.3 Å². The molecule has 96 valence electrons. The van der Waals surface area contributed by atoms with Gasteiger partial charge in [-0.05, 0) is 18.5 Å². The Morgan fingerprint density at radius 1 is 1.35 bits per heavy atom. The van der Waals surface area contributed by atoms with Gasteiger partial charge in [-0.1, -0.05) is 20.8 Å². The average molecular weight is 236 g/mol. The van der Waals surface area contributed by atoms with Crippen LogP contribution in [0.3, 0.4) is 0 Å². The minimum Gasteiger partial charge on any atom is -0.347 e. The van der Waals surface area contributed by atoms with Gasteiger partial charge in [0.15, 0.2) is 0 Å². The van der Waals surface area contributed by atoms with Crippen LogP contribution in [0.4, 0.5) is 5.95 Å². The fourth-order valence-corrected chi connectivity index (χ4v) is 1.76. The van der Waals surface area contributed by atoms with Crippen molar-refractivity contribution < 1.29 is 0 Å². The van der Waals surface area contributed by atoms with E-state index in [0.29, 0.717) is 6.04 Å². The van der Waals surface area contributed by atoms with Gasteiger partial charge < -0.3 is 10.2 Å². The maximum absolute atomic E-state index is 4.55. The topological polar surface area (TPSA) is 41.1 Å². The van der Waals surface area contributed by atoms with Crippen LogP contribution in [0.15, 0.2) is 12.3 Å². The van der Waals surface area contributed by atoms with Gasteiger partial charge in [-0.25, -0.2) is 9.97 Å². The van der Waals surface area contributed by atoms with E-state index in [1.807, 2.05) is 38.3 Å². The number of hydrogen-bond acceptors (Lipinski definition) is 4. The molecule has 1 atom stereocenters. The monoisotopic (exact) mass is 236 g/mol. The zero-order valence-electron chi connectivity index (χ0n) is 11.8. The van der Waals surface area contributed by atoms with Crippen LogP contribution in [0.2, 0.25) is 0 Å². The predicted octanol–water partition coefficient (Wildman–Crippen LogP) is 1.72. The summed E-state index contributed by atoms with van der Waals surface area (Å²) in [4.78, 5) is 10.7. The summed E-state index contributed by atoms with van der Waals surface area (Å²) in [5, 5.41) is 3.37. The van der Waals surface area contributed by atoms with Crippen LogP contribution in [-0.2, 0) is 6.42 Å². The van der Waals surface area contributed by atoms with E-state index in [0.717, 1.165) is 18.1 Å². The second kappa shape index (κ2) is 5.45. The number of hydrogen-bond donors (Lipinski definition) is 1. The first-order chi connectivity index (χ1) is 7.84. The lowest BCUT2D eigenvalue weighted by Gasteiger charge is -2.30. The molecule has 1 aromatic heterocycles. The molecule has 1 unspecified atom stereocenters. The van der Waals surface area contributed by atoms with E-state index in [1.54, 1.807) is 0 Å². The zero-order valence-corrected chi connectivity index (χ0v) is 11.8. The summed E-state index contributed by atoms with van der Waals surface area (Å²) in [6.45, 7) is 6.71. The molecule has 4 nitrogen and oxygen atoms in total.